The Balaban J connectivity index is 1.84. The first-order valence-electron chi connectivity index (χ1n) is 11.2. The van der Waals surface area contributed by atoms with E-state index in [0.717, 1.165) is 16.8 Å². The Hall–Kier alpha value is -3.65. The molecule has 1 aromatic heterocycles. The van der Waals surface area contributed by atoms with Gasteiger partial charge in [-0.15, -0.1) is 0 Å². The monoisotopic (exact) mass is 464 g/mol. The zero-order chi connectivity index (χ0) is 24.9. The molecule has 0 fully saturated rings. The van der Waals surface area contributed by atoms with Crippen LogP contribution in [0.5, 0.6) is 0 Å². The van der Waals surface area contributed by atoms with E-state index in [-0.39, 0.29) is 24.1 Å². The van der Waals surface area contributed by atoms with E-state index >= 15 is 0 Å². The molecule has 0 saturated heterocycles. The number of aliphatic hydroxyl groups excluding tert-OH is 1. The number of benzene rings is 2. The van der Waals surface area contributed by atoms with Gasteiger partial charge in [0, 0.05) is 19.0 Å². The van der Waals surface area contributed by atoms with E-state index in [1.165, 1.54) is 0 Å². The fraction of sp³-hybridized carbons (Fsp3) is 0.346. The Morgan fingerprint density at radius 1 is 1.06 bits per heavy atom. The number of nitrogens with one attached hydrogen (secondary N) is 2. The van der Waals surface area contributed by atoms with Crippen LogP contribution in [0, 0.1) is 12.3 Å². The average Bonchev–Trinajstić information content (AvgIpc) is 3.22. The summed E-state index contributed by atoms with van der Waals surface area (Å²) in [6.07, 6.45) is -0.467. The highest BCUT2D eigenvalue weighted by molar-refractivity contribution is 5.95. The summed E-state index contributed by atoms with van der Waals surface area (Å²) in [6, 6.07) is 17.2. The highest BCUT2D eigenvalue weighted by Gasteiger charge is 2.25. The minimum atomic E-state index is -1.12. The maximum absolute atomic E-state index is 13.0. The number of carbonyl (C=O) groups is 2. The second-order valence-electron chi connectivity index (χ2n) is 9.42. The first-order chi connectivity index (χ1) is 16.1. The Morgan fingerprint density at radius 3 is 2.32 bits per heavy atom. The van der Waals surface area contributed by atoms with Crippen molar-refractivity contribution in [2.45, 2.75) is 46.3 Å². The minimum Gasteiger partial charge on any atom is -0.480 e. The number of carboxylic acid groups (broad SMARTS) is 1. The van der Waals surface area contributed by atoms with E-state index in [1.54, 1.807) is 10.7 Å². The molecule has 8 nitrogen and oxygen atoms in total. The standard InChI is InChI=1S/C26H32N4O4/c1-17-10-8-9-11-18(17)14-21(25(33)34)28-24(32)20-15-23(27-16-22(31)26(2,3)4)30(29-20)19-12-6-5-7-13-19/h5-13,15,21-22,27,31H,14,16H2,1-4H3,(H,28,32)(H,33,34). The minimum absolute atomic E-state index is 0.0765. The lowest BCUT2D eigenvalue weighted by Crippen LogP contribution is -2.42. The smallest absolute Gasteiger partial charge is 0.326 e. The average molecular weight is 465 g/mol. The molecule has 0 saturated carbocycles. The van der Waals surface area contributed by atoms with Gasteiger partial charge in [-0.3, -0.25) is 4.79 Å². The first kappa shape index (κ1) is 25.0. The Labute approximate surface area is 199 Å². The second kappa shape index (κ2) is 10.5. The molecule has 2 unspecified atom stereocenters. The van der Waals surface area contributed by atoms with Crippen molar-refractivity contribution < 1.29 is 19.8 Å². The third-order valence-electron chi connectivity index (χ3n) is 5.71. The molecule has 0 bridgehead atoms. The van der Waals surface area contributed by atoms with Crippen LogP contribution in [0.15, 0.2) is 60.7 Å². The van der Waals surface area contributed by atoms with E-state index in [0.29, 0.717) is 5.82 Å². The third kappa shape index (κ3) is 6.23. The molecule has 8 heteroatoms. The quantitative estimate of drug-likeness (QED) is 0.386. The molecule has 3 aromatic rings. The van der Waals surface area contributed by atoms with Crippen LogP contribution in [0.4, 0.5) is 5.82 Å². The van der Waals surface area contributed by atoms with Gasteiger partial charge in [-0.05, 0) is 35.6 Å². The second-order valence-corrected chi connectivity index (χ2v) is 9.42. The summed E-state index contributed by atoms with van der Waals surface area (Å²) in [7, 11) is 0. The Bertz CT molecular complexity index is 1140. The lowest BCUT2D eigenvalue weighted by atomic mass is 9.89. The van der Waals surface area contributed by atoms with Crippen molar-refractivity contribution in [2.75, 3.05) is 11.9 Å². The molecular weight excluding hydrogens is 432 g/mol. The van der Waals surface area contributed by atoms with E-state index in [2.05, 4.69) is 15.7 Å². The van der Waals surface area contributed by atoms with Crippen molar-refractivity contribution in [2.24, 2.45) is 5.41 Å². The summed E-state index contributed by atoms with van der Waals surface area (Å²) in [6.45, 7) is 7.98. The fourth-order valence-electron chi connectivity index (χ4n) is 3.38. The van der Waals surface area contributed by atoms with Gasteiger partial charge in [-0.2, -0.15) is 5.10 Å². The van der Waals surface area contributed by atoms with Crippen molar-refractivity contribution in [1.29, 1.82) is 0 Å². The van der Waals surface area contributed by atoms with Crippen LogP contribution in [0.2, 0.25) is 0 Å². The maximum atomic E-state index is 13.0. The largest absolute Gasteiger partial charge is 0.480 e. The van der Waals surface area contributed by atoms with Crippen LogP contribution in [0.3, 0.4) is 0 Å². The summed E-state index contributed by atoms with van der Waals surface area (Å²) in [5.41, 5.74) is 2.29. The van der Waals surface area contributed by atoms with E-state index < -0.39 is 24.0 Å². The van der Waals surface area contributed by atoms with Gasteiger partial charge < -0.3 is 20.8 Å². The van der Waals surface area contributed by atoms with Crippen LogP contribution in [-0.4, -0.2) is 50.6 Å². The number of carboxylic acids is 1. The Kier molecular flexibility index (Phi) is 7.73. The Morgan fingerprint density at radius 2 is 1.71 bits per heavy atom. The van der Waals surface area contributed by atoms with Crippen LogP contribution >= 0.6 is 0 Å². The molecule has 0 aliphatic heterocycles. The molecule has 3 rings (SSSR count). The molecule has 0 aliphatic carbocycles. The van der Waals surface area contributed by atoms with Gasteiger partial charge in [0.2, 0.25) is 0 Å². The molecule has 1 heterocycles. The summed E-state index contributed by atoms with van der Waals surface area (Å²) in [4.78, 5) is 24.9. The number of anilines is 1. The van der Waals surface area contributed by atoms with Crippen molar-refractivity contribution in [1.82, 2.24) is 15.1 Å². The zero-order valence-corrected chi connectivity index (χ0v) is 19.9. The number of carbonyl (C=O) groups excluding carboxylic acids is 1. The van der Waals surface area contributed by atoms with Gasteiger partial charge in [-0.1, -0.05) is 63.2 Å². The normalized spacial score (nSPS) is 13.2. The number of rotatable bonds is 9. The predicted octanol–water partition coefficient (Wildman–Crippen LogP) is 3.43. The van der Waals surface area contributed by atoms with Crippen LogP contribution < -0.4 is 10.6 Å². The third-order valence-corrected chi connectivity index (χ3v) is 5.71. The molecule has 4 N–H and O–H groups in total. The van der Waals surface area contributed by atoms with Crippen molar-refractivity contribution in [3.8, 4) is 5.69 Å². The number of aryl methyl sites for hydroxylation is 1. The summed E-state index contributed by atoms with van der Waals surface area (Å²) in [5, 5.41) is 30.3. The number of hydrogen-bond donors (Lipinski definition) is 4. The van der Waals surface area contributed by atoms with Crippen LogP contribution in [0.25, 0.3) is 5.69 Å². The summed E-state index contributed by atoms with van der Waals surface area (Å²) >= 11 is 0. The summed E-state index contributed by atoms with van der Waals surface area (Å²) in [5.74, 6) is -1.19. The van der Waals surface area contributed by atoms with Gasteiger partial charge in [0.15, 0.2) is 5.69 Å². The van der Waals surface area contributed by atoms with Crippen molar-refractivity contribution in [3.05, 3.63) is 77.5 Å². The van der Waals surface area contributed by atoms with E-state index in [9.17, 15) is 19.8 Å². The molecule has 1 amide bonds. The van der Waals surface area contributed by atoms with E-state index in [1.807, 2.05) is 82.3 Å². The van der Waals surface area contributed by atoms with E-state index in [4.69, 9.17) is 0 Å². The zero-order valence-electron chi connectivity index (χ0n) is 19.9. The molecule has 0 spiro atoms. The molecule has 180 valence electrons. The SMILES string of the molecule is Cc1ccccc1CC(NC(=O)c1cc(NCC(O)C(C)(C)C)n(-c2ccccc2)n1)C(=O)O. The van der Waals surface area contributed by atoms with Crippen molar-refractivity contribution in [3.63, 3.8) is 0 Å². The number of aliphatic hydroxyl groups is 1. The highest BCUT2D eigenvalue weighted by atomic mass is 16.4. The van der Waals surface area contributed by atoms with Gasteiger partial charge in [0.05, 0.1) is 11.8 Å². The number of para-hydroxylation sites is 1. The maximum Gasteiger partial charge on any atom is 0.326 e. The molecule has 0 aliphatic rings. The van der Waals surface area contributed by atoms with Crippen LogP contribution in [-0.2, 0) is 11.2 Å². The topological polar surface area (TPSA) is 116 Å². The number of nitrogens with zero attached hydrogens (tertiary/aromatic N) is 2. The van der Waals surface area contributed by atoms with Gasteiger partial charge in [0.25, 0.3) is 5.91 Å². The molecule has 0 radical (unpaired) electrons. The number of aromatic nitrogens is 2. The molecule has 2 atom stereocenters. The summed E-state index contributed by atoms with van der Waals surface area (Å²) < 4.78 is 1.57. The fourth-order valence-corrected chi connectivity index (χ4v) is 3.38. The lowest BCUT2D eigenvalue weighted by Gasteiger charge is -2.26. The van der Waals surface area contributed by atoms with Gasteiger partial charge in [0.1, 0.15) is 11.9 Å². The molecular formula is C26H32N4O4. The van der Waals surface area contributed by atoms with Crippen molar-refractivity contribution >= 4 is 17.7 Å². The number of aliphatic carboxylic acids is 1. The molecule has 34 heavy (non-hydrogen) atoms. The lowest BCUT2D eigenvalue weighted by molar-refractivity contribution is -0.139. The number of hydrogen-bond acceptors (Lipinski definition) is 5. The number of amides is 1. The predicted molar refractivity (Wildman–Crippen MR) is 131 cm³/mol. The van der Waals surface area contributed by atoms with Crippen LogP contribution in [0.1, 0.15) is 42.4 Å². The van der Waals surface area contributed by atoms with Gasteiger partial charge in [-0.25, -0.2) is 9.48 Å². The highest BCUT2D eigenvalue weighted by Crippen LogP contribution is 2.22. The first-order valence-corrected chi connectivity index (χ1v) is 11.2. The van der Waals surface area contributed by atoms with Gasteiger partial charge >= 0.3 is 5.97 Å². The molecule has 2 aromatic carbocycles.